The number of fused-ring (bicyclic) bond motifs is 1. The zero-order valence-electron chi connectivity index (χ0n) is 16.3. The summed E-state index contributed by atoms with van der Waals surface area (Å²) < 4.78 is 6.20. The lowest BCUT2D eigenvalue weighted by Crippen LogP contribution is -2.49. The van der Waals surface area contributed by atoms with Gasteiger partial charge in [-0.3, -0.25) is 0 Å². The van der Waals surface area contributed by atoms with Crippen LogP contribution >= 0.6 is 0 Å². The van der Waals surface area contributed by atoms with Crippen molar-refractivity contribution < 1.29 is 4.74 Å². The van der Waals surface area contributed by atoms with Crippen LogP contribution in [0.3, 0.4) is 0 Å². The van der Waals surface area contributed by atoms with Crippen molar-refractivity contribution in [2.45, 2.75) is 102 Å². The molecule has 3 atom stereocenters. The van der Waals surface area contributed by atoms with Crippen LogP contribution in [0, 0.1) is 11.8 Å². The van der Waals surface area contributed by atoms with Crippen molar-refractivity contribution in [1.82, 2.24) is 10.2 Å². The molecule has 0 amide bonds. The Morgan fingerprint density at radius 3 is 2.44 bits per heavy atom. The van der Waals surface area contributed by atoms with Gasteiger partial charge in [-0.15, -0.1) is 0 Å². The van der Waals surface area contributed by atoms with E-state index in [-0.39, 0.29) is 0 Å². The molecule has 4 aliphatic rings. The molecule has 0 radical (unpaired) electrons. The Morgan fingerprint density at radius 2 is 1.60 bits per heavy atom. The zero-order chi connectivity index (χ0) is 16.9. The molecule has 1 N–H and O–H groups in total. The van der Waals surface area contributed by atoms with E-state index in [0.717, 1.165) is 37.1 Å². The topological polar surface area (TPSA) is 24.5 Å². The number of ether oxygens (including phenoxy) is 1. The molecule has 2 saturated heterocycles. The monoisotopic (exact) mass is 348 g/mol. The highest BCUT2D eigenvalue weighted by atomic mass is 16.5. The summed E-state index contributed by atoms with van der Waals surface area (Å²) in [5.74, 6) is 1.96. The van der Waals surface area contributed by atoms with Gasteiger partial charge in [0.15, 0.2) is 0 Å². The Morgan fingerprint density at radius 1 is 0.800 bits per heavy atom. The lowest BCUT2D eigenvalue weighted by molar-refractivity contribution is 0.00691. The fourth-order valence-electron chi connectivity index (χ4n) is 6.05. The van der Waals surface area contributed by atoms with Crippen molar-refractivity contribution in [1.29, 1.82) is 0 Å². The van der Waals surface area contributed by atoms with Gasteiger partial charge in [-0.2, -0.15) is 0 Å². The van der Waals surface area contributed by atoms with Gasteiger partial charge in [-0.05, 0) is 95.6 Å². The fourth-order valence-corrected chi connectivity index (χ4v) is 6.05. The van der Waals surface area contributed by atoms with Gasteiger partial charge in [0.25, 0.3) is 0 Å². The number of nitrogens with zero attached hydrogens (tertiary/aromatic N) is 1. The van der Waals surface area contributed by atoms with E-state index in [1.165, 1.54) is 96.6 Å². The summed E-state index contributed by atoms with van der Waals surface area (Å²) in [6, 6.07) is 1.68. The van der Waals surface area contributed by atoms with Crippen molar-refractivity contribution in [2.75, 3.05) is 26.2 Å². The van der Waals surface area contributed by atoms with E-state index in [0.29, 0.717) is 6.10 Å². The van der Waals surface area contributed by atoms with Crippen molar-refractivity contribution in [3.05, 3.63) is 0 Å². The molecule has 3 unspecified atom stereocenters. The van der Waals surface area contributed by atoms with Gasteiger partial charge in [0, 0.05) is 18.6 Å². The maximum Gasteiger partial charge on any atom is 0.0597 e. The van der Waals surface area contributed by atoms with E-state index in [2.05, 4.69) is 10.2 Å². The highest BCUT2D eigenvalue weighted by Crippen LogP contribution is 2.36. The van der Waals surface area contributed by atoms with Crippen molar-refractivity contribution in [3.8, 4) is 0 Å². The first-order chi connectivity index (χ1) is 12.4. The third kappa shape index (κ3) is 5.20. The van der Waals surface area contributed by atoms with Crippen LogP contribution in [-0.2, 0) is 4.74 Å². The van der Waals surface area contributed by atoms with Gasteiger partial charge in [-0.1, -0.05) is 12.8 Å². The quantitative estimate of drug-likeness (QED) is 0.772. The summed E-state index contributed by atoms with van der Waals surface area (Å²) in [6.07, 6.45) is 19.0. The maximum absolute atomic E-state index is 6.20. The number of nitrogens with one attached hydrogen (secondary N) is 1. The second kappa shape index (κ2) is 9.19. The van der Waals surface area contributed by atoms with Gasteiger partial charge < -0.3 is 15.0 Å². The lowest BCUT2D eigenvalue weighted by atomic mass is 9.75. The Balaban J connectivity index is 1.11. The highest BCUT2D eigenvalue weighted by molar-refractivity contribution is 4.90. The zero-order valence-corrected chi connectivity index (χ0v) is 16.3. The first-order valence-electron chi connectivity index (χ1n) is 11.5. The molecular formula is C22H40N2O. The lowest BCUT2D eigenvalue weighted by Gasteiger charge is -2.42. The molecule has 3 nitrogen and oxygen atoms in total. The standard InChI is InChI=1S/C22H40N2O/c1-2-6-22-19(5-1)9-10-20(23-22)17-18-7-11-21(12-8-18)25-16-15-24-13-3-4-14-24/h18-23H,1-17H2. The number of hydrogen-bond acceptors (Lipinski definition) is 3. The average Bonchev–Trinajstić information content (AvgIpc) is 3.17. The normalized spacial score (nSPS) is 40.1. The maximum atomic E-state index is 6.20. The van der Waals surface area contributed by atoms with E-state index in [1.54, 1.807) is 0 Å². The van der Waals surface area contributed by atoms with Crippen LogP contribution in [-0.4, -0.2) is 49.3 Å². The summed E-state index contributed by atoms with van der Waals surface area (Å²) in [4.78, 5) is 2.57. The van der Waals surface area contributed by atoms with Crippen LogP contribution in [0.2, 0.25) is 0 Å². The van der Waals surface area contributed by atoms with E-state index in [4.69, 9.17) is 4.74 Å². The first-order valence-corrected chi connectivity index (χ1v) is 11.5. The third-order valence-corrected chi connectivity index (χ3v) is 7.62. The number of likely N-dealkylation sites (tertiary alicyclic amines) is 1. The number of piperidine rings is 1. The van der Waals surface area contributed by atoms with Crippen molar-refractivity contribution >= 4 is 0 Å². The second-order valence-corrected chi connectivity index (χ2v) is 9.39. The molecule has 0 aromatic heterocycles. The van der Waals surface area contributed by atoms with E-state index in [9.17, 15) is 0 Å². The van der Waals surface area contributed by atoms with Crippen LogP contribution in [0.15, 0.2) is 0 Å². The minimum absolute atomic E-state index is 0.556. The van der Waals surface area contributed by atoms with Gasteiger partial charge in [0.2, 0.25) is 0 Å². The molecule has 2 aliphatic heterocycles. The summed E-state index contributed by atoms with van der Waals surface area (Å²) in [6.45, 7) is 4.72. The summed E-state index contributed by atoms with van der Waals surface area (Å²) in [7, 11) is 0. The van der Waals surface area contributed by atoms with E-state index < -0.39 is 0 Å². The van der Waals surface area contributed by atoms with Crippen molar-refractivity contribution in [3.63, 3.8) is 0 Å². The van der Waals surface area contributed by atoms with Crippen LogP contribution in [0.1, 0.15) is 83.5 Å². The average molecular weight is 349 g/mol. The molecular weight excluding hydrogens is 308 g/mol. The van der Waals surface area contributed by atoms with E-state index in [1.807, 2.05) is 0 Å². The minimum atomic E-state index is 0.556. The highest BCUT2D eigenvalue weighted by Gasteiger charge is 2.33. The molecule has 2 aliphatic carbocycles. The van der Waals surface area contributed by atoms with Crippen molar-refractivity contribution in [2.24, 2.45) is 11.8 Å². The fraction of sp³-hybridized carbons (Fsp3) is 1.00. The number of hydrogen-bond donors (Lipinski definition) is 1. The van der Waals surface area contributed by atoms with Crippen LogP contribution in [0.5, 0.6) is 0 Å². The van der Waals surface area contributed by atoms with Gasteiger partial charge in [-0.25, -0.2) is 0 Å². The molecule has 3 heteroatoms. The van der Waals surface area contributed by atoms with Crippen LogP contribution in [0.4, 0.5) is 0 Å². The smallest absolute Gasteiger partial charge is 0.0597 e. The SMILES string of the molecule is C1CCC2NC(CC3CCC(OCCN4CCCC4)CC3)CCC2C1. The van der Waals surface area contributed by atoms with E-state index >= 15 is 0 Å². The molecule has 2 saturated carbocycles. The largest absolute Gasteiger partial charge is 0.377 e. The summed E-state index contributed by atoms with van der Waals surface area (Å²) >= 11 is 0. The van der Waals surface area contributed by atoms with Gasteiger partial charge in [0.05, 0.1) is 12.7 Å². The van der Waals surface area contributed by atoms with Crippen LogP contribution in [0.25, 0.3) is 0 Å². The Kier molecular flexibility index (Phi) is 6.71. The summed E-state index contributed by atoms with van der Waals surface area (Å²) in [5.41, 5.74) is 0. The molecule has 2 heterocycles. The first kappa shape index (κ1) is 18.3. The van der Waals surface area contributed by atoms with Crippen LogP contribution < -0.4 is 5.32 Å². The Hall–Kier alpha value is -0.120. The predicted octanol–water partition coefficient (Wildman–Crippen LogP) is 4.36. The predicted molar refractivity (Wildman–Crippen MR) is 104 cm³/mol. The van der Waals surface area contributed by atoms with Gasteiger partial charge >= 0.3 is 0 Å². The Bertz CT molecular complexity index is 387. The molecule has 25 heavy (non-hydrogen) atoms. The minimum Gasteiger partial charge on any atom is -0.377 e. The molecule has 4 fully saturated rings. The Labute approximate surface area is 155 Å². The third-order valence-electron chi connectivity index (χ3n) is 7.62. The molecule has 0 aromatic carbocycles. The summed E-state index contributed by atoms with van der Waals surface area (Å²) in [5, 5.41) is 4.04. The molecule has 0 aromatic rings. The van der Waals surface area contributed by atoms with Gasteiger partial charge in [0.1, 0.15) is 0 Å². The second-order valence-electron chi connectivity index (χ2n) is 9.39. The molecule has 144 valence electrons. The number of rotatable bonds is 6. The molecule has 4 rings (SSSR count). The molecule has 0 spiro atoms. The molecule has 0 bridgehead atoms.